The van der Waals surface area contributed by atoms with Crippen LogP contribution in [0.4, 0.5) is 10.5 Å². The predicted octanol–water partition coefficient (Wildman–Crippen LogP) is 2.84. The monoisotopic (exact) mass is 344 g/mol. The van der Waals surface area contributed by atoms with Gasteiger partial charge in [-0.05, 0) is 37.0 Å². The molecule has 0 saturated carbocycles. The molecule has 7 nitrogen and oxygen atoms in total. The summed E-state index contributed by atoms with van der Waals surface area (Å²) in [6, 6.07) is 7.19. The highest BCUT2D eigenvalue weighted by Gasteiger charge is 2.23. The molecule has 1 aliphatic heterocycles. The van der Waals surface area contributed by atoms with Crippen molar-refractivity contribution in [2.24, 2.45) is 5.92 Å². The highest BCUT2D eigenvalue weighted by atomic mass is 16.5. The second kappa shape index (κ2) is 7.92. The Balaban J connectivity index is 1.54. The Kier molecular flexibility index (Phi) is 5.42. The maximum atomic E-state index is 12.5. The number of carbonyl (C=O) groups is 1. The molecule has 2 heterocycles. The first-order valence-electron chi connectivity index (χ1n) is 8.45. The molecule has 0 bridgehead atoms. The lowest BCUT2D eigenvalue weighted by atomic mass is 9.97. The van der Waals surface area contributed by atoms with Crippen LogP contribution < -0.4 is 14.8 Å². The standard InChI is InChI=1S/C18H24N4O3/c1-24-15-4-5-16(17(12-15)25-2)20-18(23)21-10-6-14(7-11-21)13-22-9-3-8-19-22/h3-5,8-9,12,14H,6-7,10-11,13H2,1-2H3,(H,20,23). The van der Waals surface area contributed by atoms with Crippen molar-refractivity contribution in [3.63, 3.8) is 0 Å². The van der Waals surface area contributed by atoms with E-state index in [1.165, 1.54) is 0 Å². The van der Waals surface area contributed by atoms with E-state index >= 15 is 0 Å². The van der Waals surface area contributed by atoms with E-state index in [-0.39, 0.29) is 6.03 Å². The van der Waals surface area contributed by atoms with Gasteiger partial charge in [0.1, 0.15) is 11.5 Å². The molecule has 25 heavy (non-hydrogen) atoms. The van der Waals surface area contributed by atoms with Crippen molar-refractivity contribution >= 4 is 11.7 Å². The molecular formula is C18H24N4O3. The van der Waals surface area contributed by atoms with Gasteiger partial charge >= 0.3 is 6.03 Å². The zero-order valence-corrected chi connectivity index (χ0v) is 14.6. The van der Waals surface area contributed by atoms with Gasteiger partial charge in [-0.3, -0.25) is 4.68 Å². The third-order valence-electron chi connectivity index (χ3n) is 4.56. The van der Waals surface area contributed by atoms with Gasteiger partial charge in [0, 0.05) is 38.1 Å². The summed E-state index contributed by atoms with van der Waals surface area (Å²) in [5.74, 6) is 1.83. The normalized spacial score (nSPS) is 15.0. The fourth-order valence-corrected chi connectivity index (χ4v) is 3.09. The molecule has 1 N–H and O–H groups in total. The fourth-order valence-electron chi connectivity index (χ4n) is 3.09. The number of benzene rings is 1. The molecule has 2 amide bonds. The van der Waals surface area contributed by atoms with Gasteiger partial charge in [-0.1, -0.05) is 0 Å². The maximum absolute atomic E-state index is 12.5. The molecule has 134 valence electrons. The summed E-state index contributed by atoms with van der Waals surface area (Å²) >= 11 is 0. The lowest BCUT2D eigenvalue weighted by molar-refractivity contribution is 0.175. The summed E-state index contributed by atoms with van der Waals surface area (Å²) < 4.78 is 12.5. The van der Waals surface area contributed by atoms with E-state index in [1.54, 1.807) is 38.6 Å². The van der Waals surface area contributed by atoms with Crippen LogP contribution in [0.15, 0.2) is 36.7 Å². The van der Waals surface area contributed by atoms with E-state index < -0.39 is 0 Å². The molecule has 0 spiro atoms. The number of nitrogens with zero attached hydrogens (tertiary/aromatic N) is 3. The molecule has 1 saturated heterocycles. The van der Waals surface area contributed by atoms with E-state index in [0.717, 1.165) is 32.5 Å². The molecule has 0 unspecified atom stereocenters. The van der Waals surface area contributed by atoms with Gasteiger partial charge in [-0.2, -0.15) is 5.10 Å². The number of rotatable bonds is 5. The summed E-state index contributed by atoms with van der Waals surface area (Å²) in [5.41, 5.74) is 0.645. The van der Waals surface area contributed by atoms with E-state index in [1.807, 2.05) is 21.8 Å². The molecular weight excluding hydrogens is 320 g/mol. The average Bonchev–Trinajstić information content (AvgIpc) is 3.15. The quantitative estimate of drug-likeness (QED) is 0.905. The highest BCUT2D eigenvalue weighted by Crippen LogP contribution is 2.29. The summed E-state index contributed by atoms with van der Waals surface area (Å²) in [5, 5.41) is 7.18. The van der Waals surface area contributed by atoms with Crippen LogP contribution in [0.3, 0.4) is 0 Å². The first-order valence-corrected chi connectivity index (χ1v) is 8.45. The second-order valence-electron chi connectivity index (χ2n) is 6.15. The SMILES string of the molecule is COc1ccc(NC(=O)N2CCC(Cn3cccn3)CC2)c(OC)c1. The Morgan fingerprint density at radius 3 is 2.72 bits per heavy atom. The van der Waals surface area contributed by atoms with Crippen LogP contribution in [0, 0.1) is 5.92 Å². The third kappa shape index (κ3) is 4.23. The Morgan fingerprint density at radius 1 is 1.28 bits per heavy atom. The number of urea groups is 1. The van der Waals surface area contributed by atoms with Crippen molar-refractivity contribution in [2.75, 3.05) is 32.6 Å². The number of aromatic nitrogens is 2. The number of carbonyl (C=O) groups excluding carboxylic acids is 1. The zero-order valence-electron chi connectivity index (χ0n) is 14.6. The molecule has 7 heteroatoms. The average molecular weight is 344 g/mol. The summed E-state index contributed by atoms with van der Waals surface area (Å²) in [4.78, 5) is 14.4. The van der Waals surface area contributed by atoms with Gasteiger partial charge < -0.3 is 19.7 Å². The van der Waals surface area contributed by atoms with Crippen LogP contribution in [-0.2, 0) is 6.54 Å². The molecule has 0 aliphatic carbocycles. The number of hydrogen-bond acceptors (Lipinski definition) is 4. The minimum absolute atomic E-state index is 0.0963. The van der Waals surface area contributed by atoms with Crippen molar-refractivity contribution in [2.45, 2.75) is 19.4 Å². The van der Waals surface area contributed by atoms with Crippen molar-refractivity contribution in [3.8, 4) is 11.5 Å². The lowest BCUT2D eigenvalue weighted by Crippen LogP contribution is -2.41. The van der Waals surface area contributed by atoms with E-state index in [2.05, 4.69) is 10.4 Å². The number of likely N-dealkylation sites (tertiary alicyclic amines) is 1. The third-order valence-corrected chi connectivity index (χ3v) is 4.56. The van der Waals surface area contributed by atoms with Crippen LogP contribution in [-0.4, -0.2) is 48.0 Å². The topological polar surface area (TPSA) is 68.6 Å². The van der Waals surface area contributed by atoms with Gasteiger partial charge in [-0.25, -0.2) is 4.79 Å². The summed E-state index contributed by atoms with van der Waals surface area (Å²) in [7, 11) is 3.17. The molecule has 1 fully saturated rings. The van der Waals surface area contributed by atoms with Gasteiger partial charge in [0.05, 0.1) is 19.9 Å². The predicted molar refractivity (Wildman–Crippen MR) is 95.1 cm³/mol. The van der Waals surface area contributed by atoms with Crippen LogP contribution in [0.25, 0.3) is 0 Å². The zero-order chi connectivity index (χ0) is 17.6. The molecule has 0 atom stereocenters. The minimum atomic E-state index is -0.0963. The van der Waals surface area contributed by atoms with Gasteiger partial charge in [-0.15, -0.1) is 0 Å². The van der Waals surface area contributed by atoms with Gasteiger partial charge in [0.2, 0.25) is 0 Å². The minimum Gasteiger partial charge on any atom is -0.497 e. The number of hydrogen-bond donors (Lipinski definition) is 1. The Labute approximate surface area is 147 Å². The number of ether oxygens (including phenoxy) is 2. The van der Waals surface area contributed by atoms with Crippen molar-refractivity contribution in [1.29, 1.82) is 0 Å². The maximum Gasteiger partial charge on any atom is 0.321 e. The number of piperidine rings is 1. The second-order valence-corrected chi connectivity index (χ2v) is 6.15. The molecule has 0 radical (unpaired) electrons. The van der Waals surface area contributed by atoms with Crippen LogP contribution in [0.1, 0.15) is 12.8 Å². The first-order chi connectivity index (χ1) is 12.2. The van der Waals surface area contributed by atoms with Crippen molar-refractivity contribution < 1.29 is 14.3 Å². The van der Waals surface area contributed by atoms with E-state index in [9.17, 15) is 4.79 Å². The fraction of sp³-hybridized carbons (Fsp3) is 0.444. The van der Waals surface area contributed by atoms with E-state index in [4.69, 9.17) is 9.47 Å². The smallest absolute Gasteiger partial charge is 0.321 e. The molecule has 3 rings (SSSR count). The number of methoxy groups -OCH3 is 2. The molecule has 2 aromatic rings. The number of anilines is 1. The van der Waals surface area contributed by atoms with Crippen LogP contribution in [0.5, 0.6) is 11.5 Å². The molecule has 1 aromatic heterocycles. The largest absolute Gasteiger partial charge is 0.497 e. The number of nitrogens with one attached hydrogen (secondary N) is 1. The highest BCUT2D eigenvalue weighted by molar-refractivity contribution is 5.91. The van der Waals surface area contributed by atoms with Crippen molar-refractivity contribution in [1.82, 2.24) is 14.7 Å². The number of amides is 2. The van der Waals surface area contributed by atoms with Gasteiger partial charge in [0.15, 0.2) is 0 Å². The van der Waals surface area contributed by atoms with E-state index in [0.29, 0.717) is 23.1 Å². The van der Waals surface area contributed by atoms with Crippen LogP contribution >= 0.6 is 0 Å². The van der Waals surface area contributed by atoms with Gasteiger partial charge in [0.25, 0.3) is 0 Å². The first kappa shape index (κ1) is 17.1. The molecule has 1 aliphatic rings. The summed E-state index contributed by atoms with van der Waals surface area (Å²) in [6.07, 6.45) is 5.74. The Hall–Kier alpha value is -2.70. The summed E-state index contributed by atoms with van der Waals surface area (Å²) in [6.45, 7) is 2.40. The lowest BCUT2D eigenvalue weighted by Gasteiger charge is -2.32. The van der Waals surface area contributed by atoms with Crippen molar-refractivity contribution in [3.05, 3.63) is 36.7 Å². The van der Waals surface area contributed by atoms with Crippen LogP contribution in [0.2, 0.25) is 0 Å². The molecule has 1 aromatic carbocycles. The Morgan fingerprint density at radius 2 is 2.08 bits per heavy atom. The Bertz CT molecular complexity index is 694.